The average molecular weight is 399 g/mol. The van der Waals surface area contributed by atoms with Crippen LogP contribution >= 0.6 is 12.4 Å². The molecule has 0 bridgehead atoms. The minimum absolute atomic E-state index is 0. The molecule has 0 radical (unpaired) electrons. The molecule has 1 aliphatic heterocycles. The highest BCUT2D eigenvalue weighted by atomic mass is 35.5. The van der Waals surface area contributed by atoms with Crippen molar-refractivity contribution in [3.05, 3.63) is 11.9 Å². The summed E-state index contributed by atoms with van der Waals surface area (Å²) in [6.45, 7) is 4.58. The Morgan fingerprint density at radius 3 is 2.70 bits per heavy atom. The van der Waals surface area contributed by atoms with Crippen LogP contribution in [0.25, 0.3) is 0 Å². The summed E-state index contributed by atoms with van der Waals surface area (Å²) in [5.74, 6) is 0.596. The van der Waals surface area contributed by atoms with E-state index in [4.69, 9.17) is 0 Å². The summed E-state index contributed by atoms with van der Waals surface area (Å²) in [5, 5.41) is 17.5. The normalized spacial score (nSPS) is 23.1. The lowest BCUT2D eigenvalue weighted by molar-refractivity contribution is -0.124. The van der Waals surface area contributed by atoms with Gasteiger partial charge in [0.2, 0.25) is 11.8 Å². The molecule has 1 aliphatic carbocycles. The predicted molar refractivity (Wildman–Crippen MR) is 105 cm³/mol. The third-order valence-corrected chi connectivity index (χ3v) is 5.60. The van der Waals surface area contributed by atoms with E-state index in [1.54, 1.807) is 11.7 Å². The zero-order chi connectivity index (χ0) is 18.7. The van der Waals surface area contributed by atoms with Gasteiger partial charge in [-0.15, -0.1) is 17.5 Å². The van der Waals surface area contributed by atoms with Gasteiger partial charge in [0.25, 0.3) is 0 Å². The molecule has 152 valence electrons. The molecule has 3 rings (SSSR count). The van der Waals surface area contributed by atoms with Crippen molar-refractivity contribution in [3.8, 4) is 0 Å². The molecule has 2 atom stereocenters. The Morgan fingerprint density at radius 1 is 1.33 bits per heavy atom. The van der Waals surface area contributed by atoms with E-state index in [-0.39, 0.29) is 36.3 Å². The van der Waals surface area contributed by atoms with Gasteiger partial charge in [0.1, 0.15) is 5.69 Å². The Balaban J connectivity index is 0.00000261. The Hall–Kier alpha value is -1.67. The van der Waals surface area contributed by atoms with E-state index in [2.05, 4.69) is 26.3 Å². The van der Waals surface area contributed by atoms with E-state index >= 15 is 0 Å². The number of carbonyl (C=O) groups is 2. The highest BCUT2D eigenvalue weighted by Crippen LogP contribution is 2.28. The number of nitrogens with zero attached hydrogens (tertiary/aromatic N) is 3. The molecule has 3 N–H and O–H groups in total. The van der Waals surface area contributed by atoms with Crippen LogP contribution in [-0.2, 0) is 15.1 Å². The molecule has 1 saturated heterocycles. The van der Waals surface area contributed by atoms with E-state index in [9.17, 15) is 9.59 Å². The number of amides is 2. The first-order valence-electron chi connectivity index (χ1n) is 9.57. The molecule has 0 aromatic carbocycles. The van der Waals surface area contributed by atoms with Crippen LogP contribution in [0.4, 0.5) is 0 Å². The lowest BCUT2D eigenvalue weighted by Gasteiger charge is -2.24. The average Bonchev–Trinajstić information content (AvgIpc) is 3.33. The first-order valence-corrected chi connectivity index (χ1v) is 9.57. The number of aromatic nitrogens is 3. The van der Waals surface area contributed by atoms with Gasteiger partial charge in [-0.1, -0.05) is 18.1 Å². The van der Waals surface area contributed by atoms with Crippen molar-refractivity contribution in [1.82, 2.24) is 30.9 Å². The molecule has 9 heteroatoms. The summed E-state index contributed by atoms with van der Waals surface area (Å²) < 4.78 is 1.80. The highest BCUT2D eigenvalue weighted by Gasteiger charge is 2.33. The smallest absolute Gasteiger partial charge is 0.236 e. The monoisotopic (exact) mass is 398 g/mol. The van der Waals surface area contributed by atoms with Crippen LogP contribution in [0.3, 0.4) is 0 Å². The molecule has 8 nitrogen and oxygen atoms in total. The number of nitrogens with one attached hydrogen (secondary N) is 3. The van der Waals surface area contributed by atoms with Gasteiger partial charge in [-0.3, -0.25) is 9.59 Å². The van der Waals surface area contributed by atoms with Crippen LogP contribution in [-0.4, -0.2) is 46.4 Å². The highest BCUT2D eigenvalue weighted by molar-refractivity contribution is 5.85. The maximum absolute atomic E-state index is 12.4. The predicted octanol–water partition coefficient (Wildman–Crippen LogP) is 1.28. The van der Waals surface area contributed by atoms with Crippen LogP contribution in [0, 0.1) is 5.92 Å². The van der Waals surface area contributed by atoms with E-state index in [0.29, 0.717) is 25.3 Å². The second kappa shape index (κ2) is 9.01. The molecule has 1 aromatic rings. The number of hydrogen-bond donors (Lipinski definition) is 3. The summed E-state index contributed by atoms with van der Waals surface area (Å²) in [6, 6.07) is -0.111. The van der Waals surface area contributed by atoms with Gasteiger partial charge in [0, 0.05) is 20.0 Å². The van der Waals surface area contributed by atoms with Gasteiger partial charge in [-0.25, -0.2) is 4.68 Å². The Kier molecular flexibility index (Phi) is 7.22. The quantitative estimate of drug-likeness (QED) is 0.670. The van der Waals surface area contributed by atoms with Gasteiger partial charge in [0.15, 0.2) is 0 Å². The Morgan fingerprint density at radius 2 is 2.04 bits per heavy atom. The molecule has 1 aromatic heterocycles. The van der Waals surface area contributed by atoms with Crippen molar-refractivity contribution in [1.29, 1.82) is 0 Å². The molecule has 0 unspecified atom stereocenters. The lowest BCUT2D eigenvalue weighted by Crippen LogP contribution is -2.41. The third kappa shape index (κ3) is 5.19. The maximum Gasteiger partial charge on any atom is 0.236 e. The van der Waals surface area contributed by atoms with Gasteiger partial charge < -0.3 is 16.0 Å². The van der Waals surface area contributed by atoms with Gasteiger partial charge >= 0.3 is 0 Å². The fourth-order valence-corrected chi connectivity index (χ4v) is 3.97. The third-order valence-electron chi connectivity index (χ3n) is 5.60. The summed E-state index contributed by atoms with van der Waals surface area (Å²) in [4.78, 5) is 24.1. The van der Waals surface area contributed by atoms with E-state index < -0.39 is 5.54 Å². The van der Waals surface area contributed by atoms with E-state index in [1.807, 2.05) is 20.0 Å². The standard InChI is InChI=1S/C18H30N6O2.ClH/c1-18(2,21-16(25)8-12-6-4-5-7-12)15-11-24(23-22-15)13-9-14(20-10-13)17(26)19-3;/h11-14,20H,4-10H2,1-3H3,(H,19,26)(H,21,25);1H/t13-,14-;/m0./s1. The first kappa shape index (κ1) is 21.6. The summed E-state index contributed by atoms with van der Waals surface area (Å²) >= 11 is 0. The number of carbonyl (C=O) groups excluding carboxylic acids is 2. The van der Waals surface area contributed by atoms with E-state index in [0.717, 1.165) is 18.5 Å². The Bertz CT molecular complexity index is 656. The SMILES string of the molecule is CNC(=O)[C@@H]1C[C@H](n2cc(C(C)(C)NC(=O)CC3CCCC3)nn2)CN1.Cl. The topological polar surface area (TPSA) is 101 Å². The van der Waals surface area contributed by atoms with Crippen LogP contribution in [0.15, 0.2) is 6.20 Å². The van der Waals surface area contributed by atoms with Gasteiger partial charge in [-0.05, 0) is 39.0 Å². The van der Waals surface area contributed by atoms with E-state index in [1.165, 1.54) is 12.8 Å². The molecule has 2 amide bonds. The van der Waals surface area contributed by atoms with Crippen molar-refractivity contribution in [2.24, 2.45) is 5.92 Å². The molecule has 27 heavy (non-hydrogen) atoms. The molecule has 2 aliphatic rings. The minimum Gasteiger partial charge on any atom is -0.358 e. The van der Waals surface area contributed by atoms with Crippen LogP contribution < -0.4 is 16.0 Å². The lowest BCUT2D eigenvalue weighted by atomic mass is 9.99. The fraction of sp³-hybridized carbons (Fsp3) is 0.778. The van der Waals surface area contributed by atoms with Gasteiger partial charge in [-0.2, -0.15) is 0 Å². The second-order valence-electron chi connectivity index (χ2n) is 8.08. The summed E-state index contributed by atoms with van der Waals surface area (Å²) in [5.41, 5.74) is 0.167. The molecular formula is C18H31ClN6O2. The summed E-state index contributed by atoms with van der Waals surface area (Å²) in [7, 11) is 1.64. The summed E-state index contributed by atoms with van der Waals surface area (Å²) in [6.07, 6.45) is 7.95. The van der Waals surface area contributed by atoms with Crippen LogP contribution in [0.2, 0.25) is 0 Å². The first-order chi connectivity index (χ1) is 12.4. The molecule has 0 spiro atoms. The van der Waals surface area contributed by atoms with Crippen LogP contribution in [0.5, 0.6) is 0 Å². The van der Waals surface area contributed by atoms with Crippen molar-refractivity contribution < 1.29 is 9.59 Å². The van der Waals surface area contributed by atoms with Gasteiger partial charge in [0.05, 0.1) is 23.8 Å². The largest absolute Gasteiger partial charge is 0.358 e. The van der Waals surface area contributed by atoms with Crippen molar-refractivity contribution in [2.45, 2.75) is 70.0 Å². The molecular weight excluding hydrogens is 368 g/mol. The Labute approximate surface area is 166 Å². The van der Waals surface area contributed by atoms with Crippen molar-refractivity contribution in [3.63, 3.8) is 0 Å². The number of rotatable bonds is 6. The second-order valence-corrected chi connectivity index (χ2v) is 8.08. The zero-order valence-electron chi connectivity index (χ0n) is 16.3. The number of halogens is 1. The zero-order valence-corrected chi connectivity index (χ0v) is 17.1. The van der Waals surface area contributed by atoms with Crippen molar-refractivity contribution in [2.75, 3.05) is 13.6 Å². The maximum atomic E-state index is 12.4. The van der Waals surface area contributed by atoms with Crippen LogP contribution in [0.1, 0.15) is 64.1 Å². The number of hydrogen-bond acceptors (Lipinski definition) is 5. The fourth-order valence-electron chi connectivity index (χ4n) is 3.97. The minimum atomic E-state index is -0.569. The molecule has 2 fully saturated rings. The molecule has 1 saturated carbocycles. The number of likely N-dealkylation sites (N-methyl/N-ethyl adjacent to an activating group) is 1. The molecule has 2 heterocycles. The van der Waals surface area contributed by atoms with Crippen molar-refractivity contribution >= 4 is 24.2 Å².